The van der Waals surface area contributed by atoms with E-state index >= 15 is 0 Å². The van der Waals surface area contributed by atoms with Crippen molar-refractivity contribution in [2.24, 2.45) is 5.73 Å². The summed E-state index contributed by atoms with van der Waals surface area (Å²) in [5.74, 6) is 0.950. The second-order valence-electron chi connectivity index (χ2n) is 2.72. The monoisotopic (exact) mass is 232 g/mol. The van der Waals surface area contributed by atoms with Gasteiger partial charge in [0.2, 0.25) is 0 Å². The van der Waals surface area contributed by atoms with Crippen LogP contribution in [0.2, 0.25) is 0 Å². The molecule has 0 saturated carbocycles. The van der Waals surface area contributed by atoms with E-state index in [4.69, 9.17) is 10.2 Å². The highest BCUT2D eigenvalue weighted by Gasteiger charge is 2.05. The maximum atomic E-state index is 5.41. The van der Waals surface area contributed by atoms with Crippen molar-refractivity contribution in [2.75, 3.05) is 20.1 Å². The molecule has 68 valence electrons. The molecule has 0 amide bonds. The Bertz CT molecular complexity index is 237. The highest BCUT2D eigenvalue weighted by atomic mass is 79.9. The first kappa shape index (κ1) is 9.77. The van der Waals surface area contributed by atoms with E-state index in [-0.39, 0.29) is 0 Å². The van der Waals surface area contributed by atoms with Gasteiger partial charge in [-0.3, -0.25) is 4.90 Å². The maximum absolute atomic E-state index is 5.41. The van der Waals surface area contributed by atoms with Gasteiger partial charge in [0.15, 0.2) is 0 Å². The maximum Gasteiger partial charge on any atom is 0.131 e. The summed E-state index contributed by atoms with van der Waals surface area (Å²) in [5.41, 5.74) is 5.41. The Hall–Kier alpha value is -0.320. The van der Waals surface area contributed by atoms with Crippen molar-refractivity contribution in [1.82, 2.24) is 4.90 Å². The van der Waals surface area contributed by atoms with Crippen molar-refractivity contribution < 1.29 is 4.42 Å². The lowest BCUT2D eigenvalue weighted by atomic mass is 10.4. The van der Waals surface area contributed by atoms with E-state index in [0.717, 1.165) is 23.3 Å². The largest absolute Gasteiger partial charge is 0.467 e. The van der Waals surface area contributed by atoms with Crippen molar-refractivity contribution >= 4 is 15.9 Å². The van der Waals surface area contributed by atoms with Crippen LogP contribution in [0, 0.1) is 0 Å². The standard InChI is InChI=1S/C8H13BrN2O/c1-11(4-3-10)6-8-7(9)2-5-12-8/h2,5H,3-4,6,10H2,1H3. The first-order valence-electron chi connectivity index (χ1n) is 3.84. The number of nitrogens with two attached hydrogens (primary N) is 1. The minimum Gasteiger partial charge on any atom is -0.467 e. The minimum absolute atomic E-state index is 0.675. The van der Waals surface area contributed by atoms with Crippen LogP contribution in [0.4, 0.5) is 0 Å². The molecule has 12 heavy (non-hydrogen) atoms. The third-order valence-electron chi connectivity index (χ3n) is 1.62. The molecule has 1 heterocycles. The van der Waals surface area contributed by atoms with Crippen LogP contribution in [-0.4, -0.2) is 25.0 Å². The zero-order valence-corrected chi connectivity index (χ0v) is 8.67. The lowest BCUT2D eigenvalue weighted by Gasteiger charge is -2.13. The first-order valence-corrected chi connectivity index (χ1v) is 4.64. The fourth-order valence-electron chi connectivity index (χ4n) is 0.983. The van der Waals surface area contributed by atoms with Gasteiger partial charge in [-0.2, -0.15) is 0 Å². The fraction of sp³-hybridized carbons (Fsp3) is 0.500. The Morgan fingerprint density at radius 1 is 1.67 bits per heavy atom. The summed E-state index contributed by atoms with van der Waals surface area (Å²) in [6, 6.07) is 1.89. The van der Waals surface area contributed by atoms with Crippen LogP contribution in [0.5, 0.6) is 0 Å². The lowest BCUT2D eigenvalue weighted by molar-refractivity contribution is 0.301. The minimum atomic E-state index is 0.675. The Morgan fingerprint density at radius 3 is 2.92 bits per heavy atom. The summed E-state index contributed by atoms with van der Waals surface area (Å²) in [4.78, 5) is 2.11. The van der Waals surface area contributed by atoms with E-state index in [0.29, 0.717) is 6.54 Å². The van der Waals surface area contributed by atoms with E-state index in [2.05, 4.69) is 20.8 Å². The molecule has 4 heteroatoms. The van der Waals surface area contributed by atoms with Gasteiger partial charge < -0.3 is 10.2 Å². The molecular formula is C8H13BrN2O. The molecule has 0 unspecified atom stereocenters. The highest BCUT2D eigenvalue weighted by Crippen LogP contribution is 2.18. The van der Waals surface area contributed by atoms with E-state index in [1.54, 1.807) is 6.26 Å². The number of rotatable bonds is 4. The Balaban J connectivity index is 2.46. The number of likely N-dealkylation sites (N-methyl/N-ethyl adjacent to an activating group) is 1. The number of furan rings is 1. The van der Waals surface area contributed by atoms with Crippen LogP contribution in [0.15, 0.2) is 21.2 Å². The van der Waals surface area contributed by atoms with E-state index in [1.807, 2.05) is 13.1 Å². The van der Waals surface area contributed by atoms with Gasteiger partial charge in [-0.15, -0.1) is 0 Å². The molecule has 1 aromatic rings. The summed E-state index contributed by atoms with van der Waals surface area (Å²) in [5, 5.41) is 0. The van der Waals surface area contributed by atoms with E-state index in [9.17, 15) is 0 Å². The molecule has 0 fully saturated rings. The molecule has 0 bridgehead atoms. The predicted molar refractivity (Wildman–Crippen MR) is 51.8 cm³/mol. The van der Waals surface area contributed by atoms with Crippen molar-refractivity contribution in [2.45, 2.75) is 6.54 Å². The quantitative estimate of drug-likeness (QED) is 0.855. The number of nitrogens with zero attached hydrogens (tertiary/aromatic N) is 1. The summed E-state index contributed by atoms with van der Waals surface area (Å²) in [7, 11) is 2.02. The molecule has 0 spiro atoms. The highest BCUT2D eigenvalue weighted by molar-refractivity contribution is 9.10. The average molecular weight is 233 g/mol. The van der Waals surface area contributed by atoms with Gasteiger partial charge in [0.1, 0.15) is 5.76 Å². The van der Waals surface area contributed by atoms with Gasteiger partial charge in [-0.1, -0.05) is 0 Å². The van der Waals surface area contributed by atoms with Crippen molar-refractivity contribution in [1.29, 1.82) is 0 Å². The van der Waals surface area contributed by atoms with Gasteiger partial charge in [0.25, 0.3) is 0 Å². The molecule has 1 rings (SSSR count). The van der Waals surface area contributed by atoms with Crippen LogP contribution in [0.1, 0.15) is 5.76 Å². The predicted octanol–water partition coefficient (Wildman–Crippen LogP) is 1.43. The lowest BCUT2D eigenvalue weighted by Crippen LogP contribution is -2.24. The molecule has 0 atom stereocenters. The first-order chi connectivity index (χ1) is 5.74. The normalized spacial score (nSPS) is 11.0. The Labute approximate surface area is 80.7 Å². The molecule has 3 nitrogen and oxygen atoms in total. The van der Waals surface area contributed by atoms with Crippen molar-refractivity contribution in [3.63, 3.8) is 0 Å². The molecule has 2 N–H and O–H groups in total. The Kier molecular flexibility index (Phi) is 3.78. The topological polar surface area (TPSA) is 42.4 Å². The number of hydrogen-bond donors (Lipinski definition) is 1. The molecule has 0 saturated heterocycles. The molecule has 0 radical (unpaired) electrons. The summed E-state index contributed by atoms with van der Waals surface area (Å²) in [6.45, 7) is 2.35. The van der Waals surface area contributed by atoms with Crippen LogP contribution >= 0.6 is 15.9 Å². The van der Waals surface area contributed by atoms with Gasteiger partial charge >= 0.3 is 0 Å². The zero-order valence-electron chi connectivity index (χ0n) is 7.09. The van der Waals surface area contributed by atoms with Crippen LogP contribution in [0.25, 0.3) is 0 Å². The van der Waals surface area contributed by atoms with E-state index < -0.39 is 0 Å². The van der Waals surface area contributed by atoms with Crippen molar-refractivity contribution in [3.8, 4) is 0 Å². The summed E-state index contributed by atoms with van der Waals surface area (Å²) >= 11 is 3.39. The molecule has 0 aliphatic rings. The average Bonchev–Trinajstić information content (AvgIpc) is 2.37. The van der Waals surface area contributed by atoms with Crippen LogP contribution in [0.3, 0.4) is 0 Å². The van der Waals surface area contributed by atoms with Crippen LogP contribution < -0.4 is 5.73 Å². The van der Waals surface area contributed by atoms with Gasteiger partial charge in [-0.25, -0.2) is 0 Å². The van der Waals surface area contributed by atoms with E-state index in [1.165, 1.54) is 0 Å². The fourth-order valence-corrected chi connectivity index (χ4v) is 1.31. The summed E-state index contributed by atoms with van der Waals surface area (Å²) < 4.78 is 6.27. The number of hydrogen-bond acceptors (Lipinski definition) is 3. The molecular weight excluding hydrogens is 220 g/mol. The number of halogens is 1. The van der Waals surface area contributed by atoms with Gasteiger partial charge in [-0.05, 0) is 29.0 Å². The zero-order chi connectivity index (χ0) is 8.97. The van der Waals surface area contributed by atoms with Gasteiger partial charge in [0.05, 0.1) is 17.3 Å². The molecule has 0 aliphatic heterocycles. The smallest absolute Gasteiger partial charge is 0.131 e. The SMILES string of the molecule is CN(CCN)Cc1occc1Br. The van der Waals surface area contributed by atoms with Gasteiger partial charge in [0, 0.05) is 13.1 Å². The second kappa shape index (κ2) is 4.64. The van der Waals surface area contributed by atoms with Crippen LogP contribution in [-0.2, 0) is 6.54 Å². The molecule has 0 aliphatic carbocycles. The Morgan fingerprint density at radius 2 is 2.42 bits per heavy atom. The third kappa shape index (κ3) is 2.62. The molecule has 0 aromatic carbocycles. The third-order valence-corrected chi connectivity index (χ3v) is 2.32. The molecule has 1 aromatic heterocycles. The van der Waals surface area contributed by atoms with Crippen molar-refractivity contribution in [3.05, 3.63) is 22.6 Å². The summed E-state index contributed by atoms with van der Waals surface area (Å²) in [6.07, 6.45) is 1.68. The second-order valence-corrected chi connectivity index (χ2v) is 3.57.